The van der Waals surface area contributed by atoms with Gasteiger partial charge in [0.2, 0.25) is 0 Å². The number of carbonyl (C=O) groups is 1. The van der Waals surface area contributed by atoms with E-state index in [1.54, 1.807) is 4.90 Å². The summed E-state index contributed by atoms with van der Waals surface area (Å²) in [5.41, 5.74) is 2.45. The minimum absolute atomic E-state index is 0.0708. The molecule has 138 valence electrons. The summed E-state index contributed by atoms with van der Waals surface area (Å²) in [7, 11) is 0. The first-order chi connectivity index (χ1) is 13.1. The second kappa shape index (κ2) is 7.40. The molecule has 0 saturated carbocycles. The first-order valence-electron chi connectivity index (χ1n) is 8.71. The average molecular weight is 385 g/mol. The molecule has 7 heteroatoms. The summed E-state index contributed by atoms with van der Waals surface area (Å²) in [5.74, 6) is 0.443. The van der Waals surface area contributed by atoms with Crippen LogP contribution in [-0.4, -0.2) is 47.2 Å². The summed E-state index contributed by atoms with van der Waals surface area (Å²) in [6.45, 7) is 2.58. The first-order valence-corrected chi connectivity index (χ1v) is 9.09. The zero-order chi connectivity index (χ0) is 18.8. The van der Waals surface area contributed by atoms with Gasteiger partial charge in [-0.05, 0) is 42.0 Å². The van der Waals surface area contributed by atoms with Gasteiger partial charge in [0.25, 0.3) is 5.91 Å². The number of anilines is 1. The number of amides is 1. The van der Waals surface area contributed by atoms with Crippen molar-refractivity contribution in [1.82, 2.24) is 15.1 Å². The van der Waals surface area contributed by atoms with Crippen molar-refractivity contribution in [3.05, 3.63) is 71.0 Å². The molecule has 0 spiro atoms. The molecule has 3 aromatic rings. The van der Waals surface area contributed by atoms with Crippen LogP contribution in [-0.2, 0) is 0 Å². The third-order valence-corrected chi connectivity index (χ3v) is 4.95. The Morgan fingerprint density at radius 2 is 1.67 bits per heavy atom. The molecule has 27 heavy (non-hydrogen) atoms. The molecule has 1 saturated heterocycles. The lowest BCUT2D eigenvalue weighted by atomic mass is 10.1. The summed E-state index contributed by atoms with van der Waals surface area (Å²) in [5, 5.41) is 8.15. The van der Waals surface area contributed by atoms with Gasteiger partial charge in [-0.2, -0.15) is 5.10 Å². The maximum atomic E-state index is 13.0. The van der Waals surface area contributed by atoms with Crippen molar-refractivity contribution in [2.75, 3.05) is 31.1 Å². The van der Waals surface area contributed by atoms with Crippen molar-refractivity contribution in [3.8, 4) is 11.3 Å². The monoisotopic (exact) mass is 384 g/mol. The number of rotatable bonds is 3. The van der Waals surface area contributed by atoms with Crippen LogP contribution < -0.4 is 4.90 Å². The van der Waals surface area contributed by atoms with Crippen molar-refractivity contribution in [2.24, 2.45) is 0 Å². The normalized spacial score (nSPS) is 14.4. The molecular weight excluding hydrogens is 367 g/mol. The van der Waals surface area contributed by atoms with E-state index in [1.807, 2.05) is 30.3 Å². The van der Waals surface area contributed by atoms with Crippen molar-refractivity contribution >= 4 is 23.3 Å². The van der Waals surface area contributed by atoms with Crippen LogP contribution in [0.5, 0.6) is 0 Å². The van der Waals surface area contributed by atoms with E-state index in [9.17, 15) is 9.18 Å². The van der Waals surface area contributed by atoms with Gasteiger partial charge in [-0.3, -0.25) is 9.89 Å². The molecule has 5 nitrogen and oxygen atoms in total. The molecule has 0 unspecified atom stereocenters. The summed E-state index contributed by atoms with van der Waals surface area (Å²) < 4.78 is 13.0. The Bertz CT molecular complexity index is 931. The minimum atomic E-state index is -0.341. The number of hydrogen-bond donors (Lipinski definition) is 1. The highest BCUT2D eigenvalue weighted by Gasteiger charge is 2.23. The van der Waals surface area contributed by atoms with E-state index >= 15 is 0 Å². The predicted molar refractivity (Wildman–Crippen MR) is 104 cm³/mol. The SMILES string of the molecule is O=C(c1ccc(F)cc1)N1CCN(c2cc(-c3ccc(Cl)cc3)[nH]n2)CC1. The van der Waals surface area contributed by atoms with Crippen LogP contribution >= 0.6 is 11.6 Å². The molecule has 1 aromatic heterocycles. The molecule has 0 aliphatic carbocycles. The van der Waals surface area contributed by atoms with Crippen LogP contribution in [0, 0.1) is 5.82 Å². The highest BCUT2D eigenvalue weighted by molar-refractivity contribution is 6.30. The number of H-pyrrole nitrogens is 1. The highest BCUT2D eigenvalue weighted by Crippen LogP contribution is 2.24. The maximum absolute atomic E-state index is 13.0. The smallest absolute Gasteiger partial charge is 0.253 e. The van der Waals surface area contributed by atoms with Gasteiger partial charge in [-0.1, -0.05) is 23.7 Å². The highest BCUT2D eigenvalue weighted by atomic mass is 35.5. The minimum Gasteiger partial charge on any atom is -0.352 e. The Kier molecular flexibility index (Phi) is 4.81. The van der Waals surface area contributed by atoms with Gasteiger partial charge in [0.15, 0.2) is 5.82 Å². The van der Waals surface area contributed by atoms with Gasteiger partial charge in [-0.15, -0.1) is 0 Å². The summed E-state index contributed by atoms with van der Waals surface area (Å²) in [6.07, 6.45) is 0. The lowest BCUT2D eigenvalue weighted by Gasteiger charge is -2.34. The number of carbonyl (C=O) groups excluding carboxylic acids is 1. The second-order valence-electron chi connectivity index (χ2n) is 6.43. The van der Waals surface area contributed by atoms with Gasteiger partial charge in [-0.25, -0.2) is 4.39 Å². The molecule has 0 radical (unpaired) electrons. The van der Waals surface area contributed by atoms with Crippen molar-refractivity contribution in [1.29, 1.82) is 0 Å². The van der Waals surface area contributed by atoms with Crippen LogP contribution in [0.3, 0.4) is 0 Å². The zero-order valence-corrected chi connectivity index (χ0v) is 15.3. The van der Waals surface area contributed by atoms with Crippen molar-refractivity contribution < 1.29 is 9.18 Å². The van der Waals surface area contributed by atoms with Crippen molar-refractivity contribution in [3.63, 3.8) is 0 Å². The molecule has 0 atom stereocenters. The fourth-order valence-corrected chi connectivity index (χ4v) is 3.29. The number of benzene rings is 2. The number of halogens is 2. The lowest BCUT2D eigenvalue weighted by Crippen LogP contribution is -2.48. The number of hydrogen-bond acceptors (Lipinski definition) is 3. The van der Waals surface area contributed by atoms with E-state index in [2.05, 4.69) is 15.1 Å². The largest absolute Gasteiger partial charge is 0.352 e. The topological polar surface area (TPSA) is 52.2 Å². The standard InChI is InChI=1S/C20H18ClFN4O/c21-16-5-1-14(2-6-16)18-13-19(24-23-18)25-9-11-26(12-10-25)20(27)15-3-7-17(22)8-4-15/h1-8,13H,9-12H2,(H,23,24). The van der Waals surface area contributed by atoms with E-state index < -0.39 is 0 Å². The Balaban J connectivity index is 1.40. The molecule has 1 aliphatic rings. The fraction of sp³-hybridized carbons (Fsp3) is 0.200. The van der Waals surface area contributed by atoms with Crippen LogP contribution in [0.4, 0.5) is 10.2 Å². The average Bonchev–Trinajstić information content (AvgIpc) is 3.19. The first kappa shape index (κ1) is 17.5. The number of aromatic amines is 1. The molecule has 1 N–H and O–H groups in total. The number of aromatic nitrogens is 2. The van der Waals surface area contributed by atoms with Crippen molar-refractivity contribution in [2.45, 2.75) is 0 Å². The molecule has 0 bridgehead atoms. The van der Waals surface area contributed by atoms with E-state index in [0.717, 1.165) is 17.1 Å². The molecular formula is C20H18ClFN4O. The van der Waals surface area contributed by atoms with Gasteiger partial charge in [0.1, 0.15) is 5.82 Å². The van der Waals surface area contributed by atoms with Gasteiger partial charge in [0.05, 0.1) is 5.69 Å². The molecule has 2 heterocycles. The Morgan fingerprint density at radius 3 is 2.33 bits per heavy atom. The number of piperazine rings is 1. The maximum Gasteiger partial charge on any atom is 0.253 e. The van der Waals surface area contributed by atoms with Crippen LogP contribution in [0.25, 0.3) is 11.3 Å². The predicted octanol–water partition coefficient (Wildman–Crippen LogP) is 3.83. The van der Waals surface area contributed by atoms with Gasteiger partial charge < -0.3 is 9.80 Å². The van der Waals surface area contributed by atoms with E-state index in [0.29, 0.717) is 36.8 Å². The van der Waals surface area contributed by atoms with Crippen LogP contribution in [0.2, 0.25) is 5.02 Å². The number of nitrogens with zero attached hydrogens (tertiary/aromatic N) is 3. The van der Waals surface area contributed by atoms with E-state index in [1.165, 1.54) is 24.3 Å². The lowest BCUT2D eigenvalue weighted by molar-refractivity contribution is 0.0746. The molecule has 2 aromatic carbocycles. The summed E-state index contributed by atoms with van der Waals surface area (Å²) in [6, 6.07) is 15.2. The Labute approximate surface area is 161 Å². The molecule has 1 aliphatic heterocycles. The third kappa shape index (κ3) is 3.80. The Morgan fingerprint density at radius 1 is 1.00 bits per heavy atom. The zero-order valence-electron chi connectivity index (χ0n) is 14.5. The van der Waals surface area contributed by atoms with E-state index in [-0.39, 0.29) is 11.7 Å². The molecule has 1 amide bonds. The van der Waals surface area contributed by atoms with Gasteiger partial charge >= 0.3 is 0 Å². The summed E-state index contributed by atoms with van der Waals surface area (Å²) >= 11 is 5.93. The van der Waals surface area contributed by atoms with Crippen LogP contribution in [0.15, 0.2) is 54.6 Å². The quantitative estimate of drug-likeness (QED) is 0.746. The molecule has 1 fully saturated rings. The van der Waals surface area contributed by atoms with Gasteiger partial charge in [0, 0.05) is 42.8 Å². The third-order valence-electron chi connectivity index (χ3n) is 4.70. The summed E-state index contributed by atoms with van der Waals surface area (Å²) in [4.78, 5) is 16.5. The number of nitrogens with one attached hydrogen (secondary N) is 1. The van der Waals surface area contributed by atoms with Crippen LogP contribution in [0.1, 0.15) is 10.4 Å². The Hall–Kier alpha value is -2.86. The van der Waals surface area contributed by atoms with E-state index in [4.69, 9.17) is 11.6 Å². The fourth-order valence-electron chi connectivity index (χ4n) is 3.16. The second-order valence-corrected chi connectivity index (χ2v) is 6.87. The molecule has 4 rings (SSSR count).